The predicted molar refractivity (Wildman–Crippen MR) is 97.2 cm³/mol. The van der Waals surface area contributed by atoms with Crippen molar-refractivity contribution in [2.75, 3.05) is 13.3 Å². The summed E-state index contributed by atoms with van der Waals surface area (Å²) in [5, 5.41) is 2.79. The second-order valence-corrected chi connectivity index (χ2v) is 6.83. The van der Waals surface area contributed by atoms with E-state index in [-0.39, 0.29) is 37.6 Å². The molecule has 0 radical (unpaired) electrons. The van der Waals surface area contributed by atoms with E-state index in [1.165, 1.54) is 0 Å². The van der Waals surface area contributed by atoms with Crippen LogP contribution in [0.25, 0.3) is 0 Å². The molecule has 1 N–H and O–H groups in total. The van der Waals surface area contributed by atoms with Gasteiger partial charge in [0, 0.05) is 25.6 Å². The fourth-order valence-corrected chi connectivity index (χ4v) is 3.19. The standard InChI is InChI=1S/C19H25N3O5/c1-4-12(2)21-8-7-17(23)22(19(21)25)13(3)18(24)20-10-14-5-6-15-16(9-14)27-11-26-15/h5-6,9,12-13H,4,7-8,10-11H2,1-3H3,(H,20,24)/t12-,13-/m0/s1. The molecule has 0 saturated carbocycles. The minimum absolute atomic E-state index is 0.0250. The summed E-state index contributed by atoms with van der Waals surface area (Å²) < 4.78 is 10.6. The van der Waals surface area contributed by atoms with Crippen molar-refractivity contribution >= 4 is 17.8 Å². The maximum absolute atomic E-state index is 12.7. The molecule has 3 rings (SSSR count). The quantitative estimate of drug-likeness (QED) is 0.820. The van der Waals surface area contributed by atoms with E-state index >= 15 is 0 Å². The fourth-order valence-electron chi connectivity index (χ4n) is 3.19. The molecule has 0 bridgehead atoms. The van der Waals surface area contributed by atoms with Crippen molar-refractivity contribution in [1.82, 2.24) is 15.1 Å². The Balaban J connectivity index is 1.63. The Hall–Kier alpha value is -2.77. The van der Waals surface area contributed by atoms with Crippen molar-refractivity contribution in [3.63, 3.8) is 0 Å². The highest BCUT2D eigenvalue weighted by Crippen LogP contribution is 2.32. The SMILES string of the molecule is CC[C@H](C)N1CCC(=O)N([C@@H](C)C(=O)NCc2ccc3c(c2)OCO3)C1=O. The van der Waals surface area contributed by atoms with E-state index in [1.54, 1.807) is 24.0 Å². The molecular formula is C19H25N3O5. The molecule has 2 heterocycles. The van der Waals surface area contributed by atoms with Crippen LogP contribution in [0.1, 0.15) is 39.2 Å². The van der Waals surface area contributed by atoms with Crippen molar-refractivity contribution in [2.45, 2.75) is 52.2 Å². The average molecular weight is 375 g/mol. The number of urea groups is 1. The van der Waals surface area contributed by atoms with Gasteiger partial charge in [-0.1, -0.05) is 13.0 Å². The number of amides is 4. The van der Waals surface area contributed by atoms with E-state index < -0.39 is 12.1 Å². The molecule has 27 heavy (non-hydrogen) atoms. The maximum Gasteiger partial charge on any atom is 0.327 e. The number of benzene rings is 1. The Morgan fingerprint density at radius 1 is 1.22 bits per heavy atom. The summed E-state index contributed by atoms with van der Waals surface area (Å²) in [7, 11) is 0. The summed E-state index contributed by atoms with van der Waals surface area (Å²) in [6.45, 7) is 6.36. The van der Waals surface area contributed by atoms with Gasteiger partial charge in [-0.3, -0.25) is 14.5 Å². The first-order chi connectivity index (χ1) is 12.9. The zero-order chi connectivity index (χ0) is 19.6. The van der Waals surface area contributed by atoms with E-state index in [4.69, 9.17) is 9.47 Å². The van der Waals surface area contributed by atoms with E-state index in [1.807, 2.05) is 19.9 Å². The summed E-state index contributed by atoms with van der Waals surface area (Å²) in [5.74, 6) is 0.624. The molecule has 2 aliphatic rings. The van der Waals surface area contributed by atoms with Gasteiger partial charge in [-0.15, -0.1) is 0 Å². The summed E-state index contributed by atoms with van der Waals surface area (Å²) in [6, 6.07) is 4.18. The number of hydrogen-bond donors (Lipinski definition) is 1. The number of hydrogen-bond acceptors (Lipinski definition) is 5. The molecule has 146 valence electrons. The number of ether oxygens (including phenoxy) is 2. The Morgan fingerprint density at radius 3 is 2.70 bits per heavy atom. The molecule has 1 aromatic carbocycles. The van der Waals surface area contributed by atoms with Crippen LogP contribution < -0.4 is 14.8 Å². The van der Waals surface area contributed by atoms with Crippen molar-refractivity contribution in [2.24, 2.45) is 0 Å². The monoisotopic (exact) mass is 375 g/mol. The molecule has 1 saturated heterocycles. The van der Waals surface area contributed by atoms with Crippen molar-refractivity contribution in [1.29, 1.82) is 0 Å². The summed E-state index contributed by atoms with van der Waals surface area (Å²) in [6.07, 6.45) is 1.02. The molecule has 0 spiro atoms. The molecule has 1 fully saturated rings. The van der Waals surface area contributed by atoms with E-state index in [0.29, 0.717) is 18.0 Å². The van der Waals surface area contributed by atoms with Crippen LogP contribution in [0.3, 0.4) is 0 Å². The topological polar surface area (TPSA) is 88.2 Å². The summed E-state index contributed by atoms with van der Waals surface area (Å²) >= 11 is 0. The van der Waals surface area contributed by atoms with Crippen molar-refractivity contribution < 1.29 is 23.9 Å². The Morgan fingerprint density at radius 2 is 1.96 bits per heavy atom. The van der Waals surface area contributed by atoms with Crippen LogP contribution >= 0.6 is 0 Å². The summed E-state index contributed by atoms with van der Waals surface area (Å²) in [5.41, 5.74) is 0.845. The van der Waals surface area contributed by atoms with Gasteiger partial charge in [0.15, 0.2) is 11.5 Å². The van der Waals surface area contributed by atoms with Crippen LogP contribution in [-0.2, 0) is 16.1 Å². The molecule has 2 aliphatic heterocycles. The second-order valence-electron chi connectivity index (χ2n) is 6.83. The fraction of sp³-hybridized carbons (Fsp3) is 0.526. The Labute approximate surface area is 158 Å². The number of imide groups is 1. The van der Waals surface area contributed by atoms with Crippen LogP contribution in [0.15, 0.2) is 18.2 Å². The molecule has 0 aliphatic carbocycles. The predicted octanol–water partition coefficient (Wildman–Crippen LogP) is 1.87. The van der Waals surface area contributed by atoms with Gasteiger partial charge >= 0.3 is 6.03 Å². The molecule has 4 amide bonds. The number of nitrogens with zero attached hydrogens (tertiary/aromatic N) is 2. The first kappa shape index (κ1) is 19.0. The number of carbonyl (C=O) groups is 3. The van der Waals surface area contributed by atoms with Gasteiger partial charge in [-0.05, 0) is 38.0 Å². The second kappa shape index (κ2) is 7.85. The van der Waals surface area contributed by atoms with Gasteiger partial charge in [-0.2, -0.15) is 0 Å². The Bertz CT molecular complexity index is 751. The third kappa shape index (κ3) is 3.84. The average Bonchev–Trinajstić information content (AvgIpc) is 3.13. The van der Waals surface area contributed by atoms with Crippen LogP contribution in [0.5, 0.6) is 11.5 Å². The van der Waals surface area contributed by atoms with Gasteiger partial charge in [0.2, 0.25) is 18.6 Å². The minimum atomic E-state index is -0.870. The van der Waals surface area contributed by atoms with Crippen LogP contribution in [-0.4, -0.2) is 53.1 Å². The molecule has 0 unspecified atom stereocenters. The molecule has 2 atom stereocenters. The lowest BCUT2D eigenvalue weighted by Crippen LogP contribution is -2.60. The van der Waals surface area contributed by atoms with Crippen LogP contribution in [0.4, 0.5) is 4.79 Å². The van der Waals surface area contributed by atoms with E-state index in [9.17, 15) is 14.4 Å². The Kier molecular flexibility index (Phi) is 5.53. The zero-order valence-corrected chi connectivity index (χ0v) is 15.9. The summed E-state index contributed by atoms with van der Waals surface area (Å²) in [4.78, 5) is 40.3. The number of carbonyl (C=O) groups excluding carboxylic acids is 3. The largest absolute Gasteiger partial charge is 0.454 e. The molecular weight excluding hydrogens is 350 g/mol. The maximum atomic E-state index is 12.7. The van der Waals surface area contributed by atoms with Gasteiger partial charge in [0.25, 0.3) is 0 Å². The highest BCUT2D eigenvalue weighted by atomic mass is 16.7. The zero-order valence-electron chi connectivity index (χ0n) is 15.9. The lowest BCUT2D eigenvalue weighted by Gasteiger charge is -2.39. The lowest BCUT2D eigenvalue weighted by atomic mass is 10.1. The smallest absolute Gasteiger partial charge is 0.327 e. The molecule has 0 aromatic heterocycles. The minimum Gasteiger partial charge on any atom is -0.454 e. The van der Waals surface area contributed by atoms with Crippen LogP contribution in [0, 0.1) is 0 Å². The lowest BCUT2D eigenvalue weighted by molar-refractivity contribution is -0.139. The molecule has 8 nitrogen and oxygen atoms in total. The van der Waals surface area contributed by atoms with E-state index in [2.05, 4.69) is 5.32 Å². The molecule has 1 aromatic rings. The van der Waals surface area contributed by atoms with Gasteiger partial charge in [-0.25, -0.2) is 4.79 Å². The number of rotatable bonds is 6. The first-order valence-electron chi connectivity index (χ1n) is 9.21. The third-order valence-corrected chi connectivity index (χ3v) is 5.08. The van der Waals surface area contributed by atoms with Gasteiger partial charge < -0.3 is 19.7 Å². The van der Waals surface area contributed by atoms with Gasteiger partial charge in [0.1, 0.15) is 6.04 Å². The highest BCUT2D eigenvalue weighted by Gasteiger charge is 2.39. The van der Waals surface area contributed by atoms with Crippen molar-refractivity contribution in [3.8, 4) is 11.5 Å². The van der Waals surface area contributed by atoms with E-state index in [0.717, 1.165) is 16.9 Å². The number of fused-ring (bicyclic) bond motifs is 1. The molecule has 8 heteroatoms. The van der Waals surface area contributed by atoms with Gasteiger partial charge in [0.05, 0.1) is 0 Å². The normalized spacial score (nSPS) is 18.5. The first-order valence-corrected chi connectivity index (χ1v) is 9.21. The van der Waals surface area contributed by atoms with Crippen molar-refractivity contribution in [3.05, 3.63) is 23.8 Å². The number of nitrogens with one attached hydrogen (secondary N) is 1. The van der Waals surface area contributed by atoms with Crippen LogP contribution in [0.2, 0.25) is 0 Å². The third-order valence-electron chi connectivity index (χ3n) is 5.08. The highest BCUT2D eigenvalue weighted by molar-refractivity contribution is 6.01.